The maximum absolute atomic E-state index is 12.8. The largest absolute Gasteiger partial charge is 0.241 e. The molecule has 2 atom stereocenters. The fourth-order valence-electron chi connectivity index (χ4n) is 2.41. The number of benzene rings is 2. The topological polar surface area (TPSA) is 46.2 Å². The molecule has 0 aromatic heterocycles. The zero-order valence-corrected chi connectivity index (χ0v) is 17.0. The minimum atomic E-state index is -3.64. The summed E-state index contributed by atoms with van der Waals surface area (Å²) < 4.78 is 28.4. The number of hydrogen-bond acceptors (Lipinski definition) is 2. The highest BCUT2D eigenvalue weighted by Gasteiger charge is 2.35. The van der Waals surface area contributed by atoms with Crippen LogP contribution in [0.1, 0.15) is 17.2 Å². The van der Waals surface area contributed by atoms with Crippen molar-refractivity contribution in [2.75, 3.05) is 0 Å². The Labute approximate surface area is 151 Å². The van der Waals surface area contributed by atoms with Crippen LogP contribution in [0, 0.1) is 6.92 Å². The van der Waals surface area contributed by atoms with Crippen molar-refractivity contribution in [3.05, 3.63) is 65.7 Å². The van der Waals surface area contributed by atoms with Crippen molar-refractivity contribution in [2.45, 2.75) is 42.5 Å². The first-order chi connectivity index (χ1) is 11.1. The summed E-state index contributed by atoms with van der Waals surface area (Å²) >= 11 is 6.71. The van der Waals surface area contributed by atoms with Crippen LogP contribution in [0.15, 0.2) is 59.5 Å². The number of sulfonamides is 1. The summed E-state index contributed by atoms with van der Waals surface area (Å²) in [7, 11) is -5.42. The monoisotopic (exact) mass is 381 g/mol. The predicted molar refractivity (Wildman–Crippen MR) is 104 cm³/mol. The van der Waals surface area contributed by atoms with Gasteiger partial charge in [0.05, 0.1) is 19.0 Å². The van der Waals surface area contributed by atoms with Crippen LogP contribution in [0.2, 0.25) is 19.6 Å². The standard InChI is InChI=1S/C18H24ClNO2SSi/c1-14-10-12-16(13-11-14)23(21,22)20-17(18(19)24(2,3)4)15-8-6-5-7-9-15/h5-13,17-18,20H,1-4H3/t17-,18-/m0/s1. The van der Waals surface area contributed by atoms with E-state index < -0.39 is 24.1 Å². The van der Waals surface area contributed by atoms with E-state index >= 15 is 0 Å². The molecular weight excluding hydrogens is 358 g/mol. The third-order valence-corrected chi connectivity index (χ3v) is 9.55. The number of alkyl halides is 1. The van der Waals surface area contributed by atoms with Crippen molar-refractivity contribution in [3.63, 3.8) is 0 Å². The molecule has 0 amide bonds. The number of rotatable bonds is 6. The van der Waals surface area contributed by atoms with Crippen molar-refractivity contribution >= 4 is 29.7 Å². The van der Waals surface area contributed by atoms with Gasteiger partial charge in [-0.2, -0.15) is 0 Å². The van der Waals surface area contributed by atoms with Gasteiger partial charge in [0.15, 0.2) is 0 Å². The molecule has 0 spiro atoms. The summed E-state index contributed by atoms with van der Waals surface area (Å²) in [5.74, 6) is 0. The Morgan fingerprint density at radius 3 is 2.00 bits per heavy atom. The highest BCUT2D eigenvalue weighted by molar-refractivity contribution is 7.89. The zero-order chi connectivity index (χ0) is 18.0. The van der Waals surface area contributed by atoms with E-state index in [4.69, 9.17) is 11.6 Å². The van der Waals surface area contributed by atoms with Crippen LogP contribution in [-0.2, 0) is 10.0 Å². The van der Waals surface area contributed by atoms with Crippen LogP contribution in [-0.4, -0.2) is 21.5 Å². The van der Waals surface area contributed by atoms with Gasteiger partial charge in [-0.25, -0.2) is 13.1 Å². The average molecular weight is 382 g/mol. The SMILES string of the molecule is Cc1ccc(S(=O)(=O)N[C@@H](c2ccccc2)[C@@H](Cl)[Si](C)(C)C)cc1. The summed E-state index contributed by atoms with van der Waals surface area (Å²) in [6.45, 7) is 8.35. The Bertz CT molecular complexity index is 771. The van der Waals surface area contributed by atoms with Crippen molar-refractivity contribution in [3.8, 4) is 0 Å². The quantitative estimate of drug-likeness (QED) is 0.591. The first kappa shape index (κ1) is 19.2. The number of aryl methyl sites for hydroxylation is 1. The van der Waals surface area contributed by atoms with Gasteiger partial charge in [0.25, 0.3) is 0 Å². The van der Waals surface area contributed by atoms with E-state index in [0.717, 1.165) is 11.1 Å². The normalized spacial score (nSPS) is 15.0. The summed E-state index contributed by atoms with van der Waals surface area (Å²) in [5, 5.41) is -0.264. The van der Waals surface area contributed by atoms with Gasteiger partial charge in [0.2, 0.25) is 10.0 Å². The fraction of sp³-hybridized carbons (Fsp3) is 0.333. The molecule has 0 saturated heterocycles. The molecule has 2 aromatic carbocycles. The first-order valence-corrected chi connectivity index (χ1v) is 13.4. The van der Waals surface area contributed by atoms with E-state index in [1.165, 1.54) is 0 Å². The number of nitrogens with one attached hydrogen (secondary N) is 1. The molecule has 0 saturated carbocycles. The van der Waals surface area contributed by atoms with Crippen molar-refractivity contribution < 1.29 is 8.42 Å². The number of halogens is 1. The molecule has 1 N–H and O–H groups in total. The lowest BCUT2D eigenvalue weighted by Crippen LogP contribution is -2.45. The van der Waals surface area contributed by atoms with Gasteiger partial charge in [-0.15, -0.1) is 11.6 Å². The molecule has 24 heavy (non-hydrogen) atoms. The predicted octanol–water partition coefficient (Wildman–Crippen LogP) is 4.50. The average Bonchev–Trinajstić information content (AvgIpc) is 2.52. The van der Waals surface area contributed by atoms with Crippen LogP contribution < -0.4 is 4.72 Å². The molecule has 3 nitrogen and oxygen atoms in total. The first-order valence-electron chi connectivity index (χ1n) is 7.89. The second-order valence-electron chi connectivity index (χ2n) is 7.09. The summed E-state index contributed by atoms with van der Waals surface area (Å²) in [6, 6.07) is 15.9. The van der Waals surface area contributed by atoms with E-state index in [2.05, 4.69) is 24.4 Å². The third-order valence-electron chi connectivity index (χ3n) is 3.89. The summed E-state index contributed by atoms with van der Waals surface area (Å²) in [4.78, 5) is 0.258. The van der Waals surface area contributed by atoms with Crippen LogP contribution in [0.3, 0.4) is 0 Å². The molecule has 6 heteroatoms. The Balaban J connectivity index is 2.40. The zero-order valence-electron chi connectivity index (χ0n) is 14.5. The molecule has 0 aliphatic rings. The van der Waals surface area contributed by atoms with Gasteiger partial charge >= 0.3 is 0 Å². The highest BCUT2D eigenvalue weighted by Crippen LogP contribution is 2.30. The molecule has 130 valence electrons. The van der Waals surface area contributed by atoms with Gasteiger partial charge in [0.1, 0.15) is 0 Å². The van der Waals surface area contributed by atoms with Gasteiger partial charge in [0, 0.05) is 5.00 Å². The molecule has 0 heterocycles. The summed E-state index contributed by atoms with van der Waals surface area (Å²) in [5.41, 5.74) is 1.90. The highest BCUT2D eigenvalue weighted by atomic mass is 35.5. The van der Waals surface area contributed by atoms with E-state index in [1.54, 1.807) is 24.3 Å². The molecular formula is C18H24ClNO2SSi. The lowest BCUT2D eigenvalue weighted by atomic mass is 10.1. The Morgan fingerprint density at radius 2 is 1.50 bits per heavy atom. The second-order valence-corrected chi connectivity index (χ2v) is 15.0. The van der Waals surface area contributed by atoms with E-state index in [9.17, 15) is 8.42 Å². The molecule has 2 rings (SSSR count). The lowest BCUT2D eigenvalue weighted by molar-refractivity contribution is 0.562. The van der Waals surface area contributed by atoms with Gasteiger partial charge in [-0.05, 0) is 24.6 Å². The van der Waals surface area contributed by atoms with E-state index in [-0.39, 0.29) is 9.90 Å². The maximum Gasteiger partial charge on any atom is 0.241 e. The Hall–Kier alpha value is -1.14. The molecule has 0 aliphatic heterocycles. The number of hydrogen-bond donors (Lipinski definition) is 1. The third kappa shape index (κ3) is 4.69. The van der Waals surface area contributed by atoms with Crippen LogP contribution >= 0.6 is 11.6 Å². The molecule has 0 unspecified atom stereocenters. The van der Waals surface area contributed by atoms with Crippen molar-refractivity contribution in [2.24, 2.45) is 0 Å². The Kier molecular flexibility index (Phi) is 5.91. The van der Waals surface area contributed by atoms with Crippen LogP contribution in [0.25, 0.3) is 0 Å². The van der Waals surface area contributed by atoms with Crippen molar-refractivity contribution in [1.82, 2.24) is 4.72 Å². The Morgan fingerprint density at radius 1 is 0.958 bits per heavy atom. The lowest BCUT2D eigenvalue weighted by Gasteiger charge is -2.32. The molecule has 0 radical (unpaired) electrons. The maximum atomic E-state index is 12.8. The van der Waals surface area contributed by atoms with Crippen molar-refractivity contribution in [1.29, 1.82) is 0 Å². The molecule has 0 bridgehead atoms. The van der Waals surface area contributed by atoms with Crippen LogP contribution in [0.4, 0.5) is 0 Å². The minimum absolute atomic E-state index is 0.258. The molecule has 0 fully saturated rings. The van der Waals surface area contributed by atoms with Crippen LogP contribution in [0.5, 0.6) is 0 Å². The molecule has 2 aromatic rings. The van der Waals surface area contributed by atoms with E-state index in [1.807, 2.05) is 37.3 Å². The minimum Gasteiger partial charge on any atom is -0.207 e. The summed E-state index contributed by atoms with van der Waals surface area (Å²) in [6.07, 6.45) is 0. The molecule has 0 aliphatic carbocycles. The van der Waals surface area contributed by atoms with E-state index in [0.29, 0.717) is 0 Å². The van der Waals surface area contributed by atoms with Gasteiger partial charge < -0.3 is 0 Å². The van der Waals surface area contributed by atoms with Gasteiger partial charge in [-0.1, -0.05) is 67.7 Å². The van der Waals surface area contributed by atoms with Gasteiger partial charge in [-0.3, -0.25) is 0 Å². The fourth-order valence-corrected chi connectivity index (χ4v) is 5.33. The smallest absolute Gasteiger partial charge is 0.207 e. The second kappa shape index (κ2) is 7.40.